The number of nitrogens with zero attached hydrogens (tertiary/aromatic N) is 1. The Morgan fingerprint density at radius 1 is 1.24 bits per heavy atom. The minimum absolute atomic E-state index is 0.138. The summed E-state index contributed by atoms with van der Waals surface area (Å²) in [5.74, 6) is 0. The third-order valence-electron chi connectivity index (χ3n) is 3.50. The molecule has 0 amide bonds. The van der Waals surface area contributed by atoms with Crippen molar-refractivity contribution in [1.29, 1.82) is 0 Å². The van der Waals surface area contributed by atoms with Gasteiger partial charge in [-0.1, -0.05) is 30.3 Å². The van der Waals surface area contributed by atoms with Crippen molar-refractivity contribution in [3.05, 3.63) is 35.9 Å². The molecule has 1 aromatic carbocycles. The summed E-state index contributed by atoms with van der Waals surface area (Å²) in [6, 6.07) is 10.9. The summed E-state index contributed by atoms with van der Waals surface area (Å²) in [6.45, 7) is 8.90. The van der Waals surface area contributed by atoms with Gasteiger partial charge >= 0.3 is 0 Å². The molecule has 0 spiro atoms. The van der Waals surface area contributed by atoms with Gasteiger partial charge in [0.05, 0.1) is 0 Å². The van der Waals surface area contributed by atoms with E-state index >= 15 is 0 Å². The Hall–Kier alpha value is -0.860. The van der Waals surface area contributed by atoms with Crippen molar-refractivity contribution in [3.8, 4) is 0 Å². The van der Waals surface area contributed by atoms with E-state index in [4.69, 9.17) is 4.84 Å². The maximum atomic E-state index is 6.18. The zero-order chi connectivity index (χ0) is 12.5. The second-order valence-electron chi connectivity index (χ2n) is 5.78. The average molecular weight is 233 g/mol. The van der Waals surface area contributed by atoms with Gasteiger partial charge in [-0.15, -0.1) is 0 Å². The maximum Gasteiger partial charge on any atom is 0.104 e. The van der Waals surface area contributed by atoms with Crippen LogP contribution in [0.5, 0.6) is 0 Å². The molecule has 1 unspecified atom stereocenters. The van der Waals surface area contributed by atoms with Crippen LogP contribution < -0.4 is 0 Å². The van der Waals surface area contributed by atoms with Crippen molar-refractivity contribution in [2.24, 2.45) is 0 Å². The lowest BCUT2D eigenvalue weighted by atomic mass is 9.91. The van der Waals surface area contributed by atoms with Crippen molar-refractivity contribution >= 4 is 0 Å². The van der Waals surface area contributed by atoms with E-state index in [-0.39, 0.29) is 11.6 Å². The van der Waals surface area contributed by atoms with E-state index in [0.29, 0.717) is 6.04 Å². The third kappa shape index (κ3) is 2.70. The van der Waals surface area contributed by atoms with E-state index in [1.54, 1.807) is 0 Å². The minimum Gasteiger partial charge on any atom is -0.290 e. The zero-order valence-electron chi connectivity index (χ0n) is 11.3. The molecule has 0 aromatic heterocycles. The lowest BCUT2D eigenvalue weighted by Gasteiger charge is -2.46. The second-order valence-corrected chi connectivity index (χ2v) is 5.78. The smallest absolute Gasteiger partial charge is 0.104 e. The first-order valence-corrected chi connectivity index (χ1v) is 6.52. The van der Waals surface area contributed by atoms with Crippen LogP contribution >= 0.6 is 0 Å². The van der Waals surface area contributed by atoms with Gasteiger partial charge in [0.1, 0.15) is 6.10 Å². The number of hydrogen-bond acceptors (Lipinski definition) is 2. The van der Waals surface area contributed by atoms with E-state index in [1.807, 2.05) is 0 Å². The summed E-state index contributed by atoms with van der Waals surface area (Å²) in [6.07, 6.45) is 2.48. The minimum atomic E-state index is 0.138. The van der Waals surface area contributed by atoms with Crippen LogP contribution in [-0.2, 0) is 4.84 Å². The van der Waals surface area contributed by atoms with Crippen LogP contribution in [-0.4, -0.2) is 16.6 Å². The van der Waals surface area contributed by atoms with Gasteiger partial charge < -0.3 is 0 Å². The van der Waals surface area contributed by atoms with Gasteiger partial charge in [-0.2, -0.15) is 5.06 Å². The summed E-state index contributed by atoms with van der Waals surface area (Å²) >= 11 is 0. The third-order valence-corrected chi connectivity index (χ3v) is 3.50. The molecular weight excluding hydrogens is 210 g/mol. The standard InChI is InChI=1S/C15H23NO/c1-12(2)16-15(3,4)11-10-14(17-16)13-8-6-5-7-9-13/h5-9,12,14H,10-11H2,1-4H3. The van der Waals surface area contributed by atoms with Crippen molar-refractivity contribution < 1.29 is 4.84 Å². The van der Waals surface area contributed by atoms with Crippen LogP contribution in [0.1, 0.15) is 52.2 Å². The highest BCUT2D eigenvalue weighted by Crippen LogP contribution is 2.37. The Kier molecular flexibility index (Phi) is 3.55. The molecule has 17 heavy (non-hydrogen) atoms. The van der Waals surface area contributed by atoms with Crippen LogP contribution in [0.2, 0.25) is 0 Å². The van der Waals surface area contributed by atoms with Crippen LogP contribution in [0, 0.1) is 0 Å². The second kappa shape index (κ2) is 4.79. The molecule has 0 saturated carbocycles. The van der Waals surface area contributed by atoms with Crippen LogP contribution in [0.3, 0.4) is 0 Å². The molecule has 1 saturated heterocycles. The zero-order valence-corrected chi connectivity index (χ0v) is 11.3. The first-order chi connectivity index (χ1) is 8.00. The Balaban J connectivity index is 2.15. The molecule has 2 heteroatoms. The Morgan fingerprint density at radius 3 is 2.47 bits per heavy atom. The lowest BCUT2D eigenvalue weighted by Crippen LogP contribution is -2.51. The van der Waals surface area contributed by atoms with Gasteiger partial charge in [-0.3, -0.25) is 4.84 Å². The quantitative estimate of drug-likeness (QED) is 0.767. The normalized spacial score (nSPS) is 25.1. The fraction of sp³-hybridized carbons (Fsp3) is 0.600. The van der Waals surface area contributed by atoms with Gasteiger partial charge in [0.2, 0.25) is 0 Å². The summed E-state index contributed by atoms with van der Waals surface area (Å²) < 4.78 is 0. The summed E-state index contributed by atoms with van der Waals surface area (Å²) in [4.78, 5) is 6.18. The van der Waals surface area contributed by atoms with E-state index in [1.165, 1.54) is 12.0 Å². The molecule has 2 nitrogen and oxygen atoms in total. The first kappa shape index (κ1) is 12.6. The topological polar surface area (TPSA) is 12.5 Å². The van der Waals surface area contributed by atoms with E-state index in [0.717, 1.165) is 6.42 Å². The van der Waals surface area contributed by atoms with Gasteiger partial charge in [0.25, 0.3) is 0 Å². The van der Waals surface area contributed by atoms with E-state index < -0.39 is 0 Å². The summed E-state index contributed by atoms with van der Waals surface area (Å²) in [7, 11) is 0. The molecule has 0 aliphatic carbocycles. The summed E-state index contributed by atoms with van der Waals surface area (Å²) in [5, 5.41) is 2.16. The first-order valence-electron chi connectivity index (χ1n) is 6.52. The fourth-order valence-corrected chi connectivity index (χ4v) is 2.64. The maximum absolute atomic E-state index is 6.18. The Bertz CT molecular complexity index is 358. The Labute approximate surface area is 105 Å². The SMILES string of the molecule is CC(C)N1OC(c2ccccc2)CCC1(C)C. The highest BCUT2D eigenvalue weighted by molar-refractivity contribution is 5.18. The molecule has 1 aliphatic rings. The van der Waals surface area contributed by atoms with Gasteiger partial charge in [0, 0.05) is 11.6 Å². The molecular formula is C15H23NO. The predicted molar refractivity (Wildman–Crippen MR) is 70.6 cm³/mol. The molecule has 1 aromatic rings. The molecule has 1 fully saturated rings. The molecule has 1 heterocycles. The molecule has 0 radical (unpaired) electrons. The lowest BCUT2D eigenvalue weighted by molar-refractivity contribution is -0.293. The summed E-state index contributed by atoms with van der Waals surface area (Å²) in [5.41, 5.74) is 1.42. The number of rotatable bonds is 2. The van der Waals surface area contributed by atoms with Crippen molar-refractivity contribution in [3.63, 3.8) is 0 Å². The van der Waals surface area contributed by atoms with Crippen molar-refractivity contribution in [1.82, 2.24) is 5.06 Å². The van der Waals surface area contributed by atoms with Crippen molar-refractivity contribution in [2.45, 2.75) is 58.2 Å². The highest BCUT2D eigenvalue weighted by atomic mass is 16.7. The van der Waals surface area contributed by atoms with Gasteiger partial charge in [-0.05, 0) is 46.1 Å². The number of hydrogen-bond donors (Lipinski definition) is 0. The Morgan fingerprint density at radius 2 is 1.88 bits per heavy atom. The van der Waals surface area contributed by atoms with Crippen LogP contribution in [0.15, 0.2) is 30.3 Å². The van der Waals surface area contributed by atoms with Gasteiger partial charge in [0.15, 0.2) is 0 Å². The molecule has 2 rings (SSSR count). The van der Waals surface area contributed by atoms with Crippen molar-refractivity contribution in [2.75, 3.05) is 0 Å². The van der Waals surface area contributed by atoms with Crippen LogP contribution in [0.4, 0.5) is 0 Å². The monoisotopic (exact) mass is 233 g/mol. The predicted octanol–water partition coefficient (Wildman–Crippen LogP) is 3.94. The fourth-order valence-electron chi connectivity index (χ4n) is 2.64. The highest BCUT2D eigenvalue weighted by Gasteiger charge is 2.37. The number of hydroxylamine groups is 2. The van der Waals surface area contributed by atoms with Gasteiger partial charge in [-0.25, -0.2) is 0 Å². The molecule has 0 N–H and O–H groups in total. The molecule has 94 valence electrons. The molecule has 1 atom stereocenters. The number of benzene rings is 1. The largest absolute Gasteiger partial charge is 0.290 e. The molecule has 1 aliphatic heterocycles. The molecule has 0 bridgehead atoms. The van der Waals surface area contributed by atoms with Crippen LogP contribution in [0.25, 0.3) is 0 Å². The van der Waals surface area contributed by atoms with E-state index in [2.05, 4.69) is 63.1 Å². The average Bonchev–Trinajstić information content (AvgIpc) is 2.29. The van der Waals surface area contributed by atoms with E-state index in [9.17, 15) is 0 Å².